The molecule has 0 aliphatic rings. The van der Waals surface area contributed by atoms with E-state index >= 15 is 4.39 Å². The molecule has 0 fully saturated rings. The second-order valence-corrected chi connectivity index (χ2v) is 9.93. The number of rotatable bonds is 9. The number of anilines is 2. The van der Waals surface area contributed by atoms with Gasteiger partial charge in [-0.1, -0.05) is 18.2 Å². The first-order valence-corrected chi connectivity index (χ1v) is 13.4. The Bertz CT molecular complexity index is 1640. The van der Waals surface area contributed by atoms with Crippen molar-refractivity contribution in [2.24, 2.45) is 0 Å². The molecule has 0 radical (unpaired) electrons. The number of carbonyl (C=O) groups is 3. The van der Waals surface area contributed by atoms with E-state index in [1.807, 2.05) is 6.07 Å². The third kappa shape index (κ3) is 7.11. The molecule has 0 saturated carbocycles. The van der Waals surface area contributed by atoms with Crippen LogP contribution in [0.1, 0.15) is 56.3 Å². The molecule has 244 valence electrons. The Hall–Kier alpha value is -5.00. The van der Waals surface area contributed by atoms with Crippen molar-refractivity contribution in [3.8, 4) is 6.07 Å². The van der Waals surface area contributed by atoms with Crippen LogP contribution in [0.4, 0.5) is 46.5 Å². The van der Waals surface area contributed by atoms with Gasteiger partial charge in [0.15, 0.2) is 5.82 Å². The van der Waals surface area contributed by atoms with E-state index in [0.29, 0.717) is 0 Å². The molecule has 0 aliphatic heterocycles. The predicted octanol–water partition coefficient (Wildman–Crippen LogP) is 7.46. The Kier molecular flexibility index (Phi) is 10.5. The average molecular weight is 656 g/mol. The number of nitriles is 1. The molecule has 0 aliphatic carbocycles. The van der Waals surface area contributed by atoms with Gasteiger partial charge in [0.05, 0.1) is 35.9 Å². The molecule has 1 N–H and O–H groups in total. The summed E-state index contributed by atoms with van der Waals surface area (Å²) in [6.07, 6.45) is -13.1. The highest BCUT2D eigenvalue weighted by Crippen LogP contribution is 2.53. The number of hydrogen-bond donors (Lipinski definition) is 1. The van der Waals surface area contributed by atoms with Crippen LogP contribution < -0.4 is 10.2 Å². The number of halogens is 8. The topological polar surface area (TPSA) is 99.5 Å². The highest BCUT2D eigenvalue weighted by atomic mass is 19.4. The molecule has 0 bridgehead atoms. The van der Waals surface area contributed by atoms with E-state index in [4.69, 9.17) is 10.00 Å². The second kappa shape index (κ2) is 13.6. The molecule has 3 aromatic rings. The monoisotopic (exact) mass is 655 g/mol. The lowest BCUT2D eigenvalue weighted by atomic mass is 9.90. The molecule has 3 aromatic carbocycles. The molecule has 0 atom stereocenters. The summed E-state index contributed by atoms with van der Waals surface area (Å²) < 4.78 is 115. The summed E-state index contributed by atoms with van der Waals surface area (Å²) in [5.74, 6) is -3.98. The number of benzene rings is 3. The van der Waals surface area contributed by atoms with Gasteiger partial charge in [0.25, 0.3) is 11.8 Å². The largest absolute Gasteiger partial charge is 0.466 e. The van der Waals surface area contributed by atoms with Crippen molar-refractivity contribution in [1.29, 1.82) is 5.26 Å². The lowest BCUT2D eigenvalue weighted by Gasteiger charge is -2.31. The number of hydrogen-bond acceptors (Lipinski definition) is 5. The van der Waals surface area contributed by atoms with Gasteiger partial charge in [-0.15, -0.1) is 0 Å². The lowest BCUT2D eigenvalue weighted by Crippen LogP contribution is -2.50. The minimum absolute atomic E-state index is 0.00473. The van der Waals surface area contributed by atoms with Crippen LogP contribution in [-0.2, 0) is 15.2 Å². The third-order valence-corrected chi connectivity index (χ3v) is 6.81. The van der Waals surface area contributed by atoms with Crippen molar-refractivity contribution in [3.63, 3.8) is 0 Å². The molecule has 0 spiro atoms. The van der Waals surface area contributed by atoms with E-state index in [0.717, 1.165) is 30.9 Å². The molecule has 7 nitrogen and oxygen atoms in total. The van der Waals surface area contributed by atoms with Crippen LogP contribution in [-0.4, -0.2) is 43.3 Å². The highest BCUT2D eigenvalue weighted by Gasteiger charge is 2.73. The zero-order chi connectivity index (χ0) is 34.6. The predicted molar refractivity (Wildman–Crippen MR) is 149 cm³/mol. The van der Waals surface area contributed by atoms with Gasteiger partial charge in [-0.3, -0.25) is 14.4 Å². The number of nitrogens with zero attached hydrogens (tertiary/aromatic N) is 2. The number of esters is 1. The minimum atomic E-state index is -6.35. The van der Waals surface area contributed by atoms with Gasteiger partial charge in [-0.05, 0) is 68.3 Å². The zero-order valence-corrected chi connectivity index (χ0v) is 24.4. The van der Waals surface area contributed by atoms with E-state index in [9.17, 15) is 45.1 Å². The fraction of sp³-hybridized carbons (Fsp3) is 0.290. The van der Waals surface area contributed by atoms with Crippen LogP contribution in [0, 0.1) is 31.0 Å². The molecule has 2 amide bonds. The lowest BCUT2D eigenvalue weighted by molar-refractivity contribution is -0.348. The van der Waals surface area contributed by atoms with Gasteiger partial charge >= 0.3 is 24.0 Å². The Morgan fingerprint density at radius 2 is 1.48 bits per heavy atom. The summed E-state index contributed by atoms with van der Waals surface area (Å²) >= 11 is 0. The Morgan fingerprint density at radius 1 is 0.913 bits per heavy atom. The molecule has 46 heavy (non-hydrogen) atoms. The summed E-state index contributed by atoms with van der Waals surface area (Å²) in [6.45, 7) is 3.24. The molecule has 3 rings (SSSR count). The van der Waals surface area contributed by atoms with Gasteiger partial charge in [0.1, 0.15) is 0 Å². The number of alkyl halides is 7. The normalized spacial score (nSPS) is 11.9. The maximum atomic E-state index is 15.9. The molecule has 0 unspecified atom stereocenters. The van der Waals surface area contributed by atoms with Gasteiger partial charge in [0, 0.05) is 23.4 Å². The van der Waals surface area contributed by atoms with Crippen LogP contribution in [0.3, 0.4) is 0 Å². The number of ether oxygens (including phenoxy) is 1. The molecule has 0 aromatic heterocycles. The van der Waals surface area contributed by atoms with Crippen molar-refractivity contribution >= 4 is 29.2 Å². The van der Waals surface area contributed by atoms with E-state index < -0.39 is 65.0 Å². The maximum absolute atomic E-state index is 15.9. The Balaban J connectivity index is 2.02. The zero-order valence-electron chi connectivity index (χ0n) is 24.4. The van der Waals surface area contributed by atoms with Crippen molar-refractivity contribution in [2.75, 3.05) is 23.4 Å². The number of nitrogens with one attached hydrogen (secondary N) is 1. The van der Waals surface area contributed by atoms with E-state index in [-0.39, 0.29) is 53.1 Å². The molecule has 15 heteroatoms. The van der Waals surface area contributed by atoms with E-state index in [1.54, 1.807) is 6.92 Å². The first-order chi connectivity index (χ1) is 21.4. The highest BCUT2D eigenvalue weighted by molar-refractivity contribution is 6.09. The van der Waals surface area contributed by atoms with Crippen LogP contribution in [0.5, 0.6) is 0 Å². The fourth-order valence-electron chi connectivity index (χ4n) is 4.54. The standard InChI is InChI=1S/C31H25F8N3O4/c1-4-46-24(43)12-13-42(28(45)20-10-8-19(16-40)9-11-20)23-7-5-6-22(25(23)32)27(44)41-26-17(2)14-21(15-18(26)3)29(33,30(34,35)36)31(37,38)39/h5-11,14-15H,4,12-13H2,1-3H3,(H,41,44). The van der Waals surface area contributed by atoms with Gasteiger partial charge in [-0.2, -0.15) is 31.6 Å². The van der Waals surface area contributed by atoms with E-state index in [1.165, 1.54) is 30.3 Å². The van der Waals surface area contributed by atoms with Crippen molar-refractivity contribution < 1.29 is 54.2 Å². The number of amides is 2. The summed E-state index contributed by atoms with van der Waals surface area (Å²) in [6, 6.07) is 11.0. The Morgan fingerprint density at radius 3 is 1.98 bits per heavy atom. The smallest absolute Gasteiger partial charge is 0.435 e. The first kappa shape index (κ1) is 35.5. The van der Waals surface area contributed by atoms with Gasteiger partial charge < -0.3 is 15.0 Å². The Labute approximate surface area is 257 Å². The van der Waals surface area contributed by atoms with E-state index in [2.05, 4.69) is 5.32 Å². The molecule has 0 saturated heterocycles. The SMILES string of the molecule is CCOC(=O)CCN(C(=O)c1ccc(C#N)cc1)c1cccc(C(=O)Nc2c(C)cc(C(F)(C(F)(F)F)C(F)(F)F)cc2C)c1F. The average Bonchev–Trinajstić information content (AvgIpc) is 2.98. The van der Waals surface area contributed by atoms with Gasteiger partial charge in [-0.25, -0.2) is 8.78 Å². The second-order valence-electron chi connectivity index (χ2n) is 9.93. The summed E-state index contributed by atoms with van der Waals surface area (Å²) in [4.78, 5) is 39.5. The number of aryl methyl sites for hydroxylation is 2. The van der Waals surface area contributed by atoms with Crippen LogP contribution in [0.2, 0.25) is 0 Å². The minimum Gasteiger partial charge on any atom is -0.466 e. The van der Waals surface area contributed by atoms with Gasteiger partial charge in [0.2, 0.25) is 0 Å². The summed E-state index contributed by atoms with van der Waals surface area (Å²) in [7, 11) is 0. The molecule has 0 heterocycles. The number of carbonyl (C=O) groups excluding carboxylic acids is 3. The maximum Gasteiger partial charge on any atom is 0.435 e. The fourth-order valence-corrected chi connectivity index (χ4v) is 4.54. The van der Waals surface area contributed by atoms with Crippen molar-refractivity contribution in [3.05, 3.63) is 93.8 Å². The quantitative estimate of drug-likeness (QED) is 0.191. The first-order valence-electron chi connectivity index (χ1n) is 13.4. The van der Waals surface area contributed by atoms with Crippen LogP contribution in [0.25, 0.3) is 0 Å². The molecular formula is C31H25F8N3O4. The van der Waals surface area contributed by atoms with Crippen LogP contribution in [0.15, 0.2) is 54.6 Å². The van der Waals surface area contributed by atoms with Crippen LogP contribution >= 0.6 is 0 Å². The summed E-state index contributed by atoms with van der Waals surface area (Å²) in [5.41, 5.74) is -9.44. The summed E-state index contributed by atoms with van der Waals surface area (Å²) in [5, 5.41) is 11.3. The third-order valence-electron chi connectivity index (χ3n) is 6.81. The molecular weight excluding hydrogens is 630 g/mol. The van der Waals surface area contributed by atoms with Crippen molar-refractivity contribution in [1.82, 2.24) is 0 Å². The van der Waals surface area contributed by atoms with Crippen molar-refractivity contribution in [2.45, 2.75) is 45.2 Å².